The number of aromatic amines is 1. The molecule has 1 aromatic rings. The molecule has 102 valence electrons. The van der Waals surface area contributed by atoms with Crippen LogP contribution >= 0.6 is 0 Å². The van der Waals surface area contributed by atoms with Gasteiger partial charge in [0, 0.05) is 19.0 Å². The van der Waals surface area contributed by atoms with Crippen molar-refractivity contribution >= 4 is 5.82 Å². The molecule has 0 fully saturated rings. The van der Waals surface area contributed by atoms with Gasteiger partial charge >= 0.3 is 6.18 Å². The standard InChI is InChI=1S/C10H14F3N3O2/c1-2-7-15-8(5-9(17)16-7)14-3-4-18-6-10(11,12)13/h5H,2-4,6H2,1H3,(H2,14,15,16,17). The maximum atomic E-state index is 11.8. The average molecular weight is 265 g/mol. The molecule has 0 aromatic carbocycles. The van der Waals surface area contributed by atoms with Crippen LogP contribution in [0.5, 0.6) is 0 Å². The predicted octanol–water partition coefficient (Wildman–Crippen LogP) is 1.32. The minimum atomic E-state index is -4.32. The highest BCUT2D eigenvalue weighted by molar-refractivity contribution is 5.32. The molecule has 0 aliphatic rings. The zero-order chi connectivity index (χ0) is 13.6. The van der Waals surface area contributed by atoms with Gasteiger partial charge in [-0.05, 0) is 0 Å². The molecule has 0 saturated carbocycles. The van der Waals surface area contributed by atoms with Crippen LogP contribution in [0.1, 0.15) is 12.7 Å². The van der Waals surface area contributed by atoms with Gasteiger partial charge < -0.3 is 15.0 Å². The van der Waals surface area contributed by atoms with Crippen LogP contribution < -0.4 is 10.9 Å². The van der Waals surface area contributed by atoms with Crippen molar-refractivity contribution in [2.24, 2.45) is 0 Å². The topological polar surface area (TPSA) is 67.0 Å². The Morgan fingerprint density at radius 2 is 2.22 bits per heavy atom. The van der Waals surface area contributed by atoms with Gasteiger partial charge in [0.15, 0.2) is 0 Å². The van der Waals surface area contributed by atoms with Crippen LogP contribution in [0.15, 0.2) is 10.9 Å². The summed E-state index contributed by atoms with van der Waals surface area (Å²) in [4.78, 5) is 17.8. The quantitative estimate of drug-likeness (QED) is 0.761. The summed E-state index contributed by atoms with van der Waals surface area (Å²) < 4.78 is 39.7. The molecule has 2 N–H and O–H groups in total. The van der Waals surface area contributed by atoms with Gasteiger partial charge in [0.1, 0.15) is 18.2 Å². The fourth-order valence-corrected chi connectivity index (χ4v) is 1.21. The fraction of sp³-hybridized carbons (Fsp3) is 0.600. The Balaban J connectivity index is 2.35. The van der Waals surface area contributed by atoms with E-state index in [0.717, 1.165) is 0 Å². The summed E-state index contributed by atoms with van der Waals surface area (Å²) in [5, 5.41) is 2.72. The lowest BCUT2D eigenvalue weighted by Crippen LogP contribution is -2.21. The lowest BCUT2D eigenvalue weighted by atomic mass is 10.4. The molecule has 8 heteroatoms. The third kappa shape index (κ3) is 5.67. The van der Waals surface area contributed by atoms with Crippen LogP contribution in [-0.2, 0) is 11.2 Å². The van der Waals surface area contributed by atoms with Crippen LogP contribution in [0, 0.1) is 0 Å². The number of nitrogens with one attached hydrogen (secondary N) is 2. The minimum absolute atomic E-state index is 0.116. The number of nitrogens with zero attached hydrogens (tertiary/aromatic N) is 1. The number of rotatable bonds is 6. The Kier molecular flexibility index (Phi) is 5.14. The Hall–Kier alpha value is -1.57. The average Bonchev–Trinajstić information content (AvgIpc) is 2.26. The van der Waals surface area contributed by atoms with Crippen molar-refractivity contribution in [2.75, 3.05) is 25.1 Å². The molecule has 0 radical (unpaired) electrons. The molecule has 0 amide bonds. The van der Waals surface area contributed by atoms with E-state index in [4.69, 9.17) is 0 Å². The van der Waals surface area contributed by atoms with Crippen LogP contribution in [0.25, 0.3) is 0 Å². The van der Waals surface area contributed by atoms with E-state index in [0.29, 0.717) is 18.1 Å². The maximum absolute atomic E-state index is 11.8. The second kappa shape index (κ2) is 6.39. The van der Waals surface area contributed by atoms with Crippen molar-refractivity contribution in [3.05, 3.63) is 22.2 Å². The third-order valence-corrected chi connectivity index (χ3v) is 1.94. The summed E-state index contributed by atoms with van der Waals surface area (Å²) in [6, 6.07) is 1.24. The number of alkyl halides is 3. The van der Waals surface area contributed by atoms with E-state index in [1.807, 2.05) is 6.92 Å². The van der Waals surface area contributed by atoms with Crippen molar-refractivity contribution in [2.45, 2.75) is 19.5 Å². The summed E-state index contributed by atoms with van der Waals surface area (Å²) in [5.74, 6) is 0.840. The van der Waals surface area contributed by atoms with Crippen molar-refractivity contribution in [3.63, 3.8) is 0 Å². The molecule has 0 atom stereocenters. The number of hydrogen-bond donors (Lipinski definition) is 2. The Bertz CT molecular complexity index is 431. The number of H-pyrrole nitrogens is 1. The van der Waals surface area contributed by atoms with Crippen molar-refractivity contribution in [1.29, 1.82) is 0 Å². The van der Waals surface area contributed by atoms with Gasteiger partial charge in [-0.1, -0.05) is 6.92 Å². The molecular weight excluding hydrogens is 251 g/mol. The molecule has 0 bridgehead atoms. The van der Waals surface area contributed by atoms with Crippen LogP contribution in [0.2, 0.25) is 0 Å². The van der Waals surface area contributed by atoms with E-state index in [2.05, 4.69) is 20.0 Å². The van der Waals surface area contributed by atoms with E-state index in [9.17, 15) is 18.0 Å². The lowest BCUT2D eigenvalue weighted by molar-refractivity contribution is -0.172. The number of ether oxygens (including phenoxy) is 1. The van der Waals surface area contributed by atoms with E-state index in [1.54, 1.807) is 0 Å². The normalized spacial score (nSPS) is 11.6. The predicted molar refractivity (Wildman–Crippen MR) is 59.6 cm³/mol. The molecule has 5 nitrogen and oxygen atoms in total. The maximum Gasteiger partial charge on any atom is 0.411 e. The zero-order valence-corrected chi connectivity index (χ0v) is 9.80. The van der Waals surface area contributed by atoms with Gasteiger partial charge in [-0.2, -0.15) is 13.2 Å². The number of halogens is 3. The second-order valence-electron chi connectivity index (χ2n) is 3.53. The monoisotopic (exact) mass is 265 g/mol. The Morgan fingerprint density at radius 3 is 2.83 bits per heavy atom. The molecule has 0 aliphatic carbocycles. The third-order valence-electron chi connectivity index (χ3n) is 1.94. The second-order valence-corrected chi connectivity index (χ2v) is 3.53. The molecule has 0 unspecified atom stereocenters. The smallest absolute Gasteiger partial charge is 0.370 e. The van der Waals surface area contributed by atoms with Gasteiger partial charge in [0.05, 0.1) is 6.61 Å². The molecule has 18 heavy (non-hydrogen) atoms. The summed E-state index contributed by atoms with van der Waals surface area (Å²) >= 11 is 0. The van der Waals surface area contributed by atoms with Gasteiger partial charge in [-0.25, -0.2) is 4.98 Å². The highest BCUT2D eigenvalue weighted by Crippen LogP contribution is 2.14. The Morgan fingerprint density at radius 1 is 1.50 bits per heavy atom. The van der Waals surface area contributed by atoms with E-state index in [-0.39, 0.29) is 18.7 Å². The molecule has 0 aliphatic heterocycles. The molecule has 1 rings (SSSR count). The van der Waals surface area contributed by atoms with E-state index >= 15 is 0 Å². The SMILES string of the molecule is CCc1nc(NCCOCC(F)(F)F)cc(=O)[nH]1. The number of anilines is 1. The first-order valence-electron chi connectivity index (χ1n) is 5.39. The number of aryl methyl sites for hydroxylation is 1. The summed E-state index contributed by atoms with van der Waals surface area (Å²) in [7, 11) is 0. The summed E-state index contributed by atoms with van der Waals surface area (Å²) in [6.07, 6.45) is -3.76. The summed E-state index contributed by atoms with van der Waals surface area (Å²) in [5.41, 5.74) is -0.305. The minimum Gasteiger partial charge on any atom is -0.370 e. The van der Waals surface area contributed by atoms with Gasteiger partial charge in [0.2, 0.25) is 0 Å². The molecule has 1 aromatic heterocycles. The van der Waals surface area contributed by atoms with E-state index in [1.165, 1.54) is 6.07 Å². The molecule has 1 heterocycles. The first-order valence-corrected chi connectivity index (χ1v) is 5.39. The van der Waals surface area contributed by atoms with Crippen molar-refractivity contribution in [3.8, 4) is 0 Å². The molecular formula is C10H14F3N3O2. The van der Waals surface area contributed by atoms with Gasteiger partial charge in [0.25, 0.3) is 5.56 Å². The fourth-order valence-electron chi connectivity index (χ4n) is 1.21. The largest absolute Gasteiger partial charge is 0.411 e. The lowest BCUT2D eigenvalue weighted by Gasteiger charge is -2.09. The van der Waals surface area contributed by atoms with E-state index < -0.39 is 12.8 Å². The van der Waals surface area contributed by atoms with Crippen molar-refractivity contribution in [1.82, 2.24) is 9.97 Å². The Labute approximate surface area is 101 Å². The van der Waals surface area contributed by atoms with Crippen LogP contribution in [-0.4, -0.2) is 35.9 Å². The molecule has 0 spiro atoms. The van der Waals surface area contributed by atoms with Gasteiger partial charge in [-0.3, -0.25) is 4.79 Å². The van der Waals surface area contributed by atoms with Crippen LogP contribution in [0.4, 0.5) is 19.0 Å². The van der Waals surface area contributed by atoms with Gasteiger partial charge in [-0.15, -0.1) is 0 Å². The highest BCUT2D eigenvalue weighted by atomic mass is 19.4. The highest BCUT2D eigenvalue weighted by Gasteiger charge is 2.27. The first kappa shape index (κ1) is 14.5. The molecule has 0 saturated heterocycles. The number of aromatic nitrogens is 2. The van der Waals surface area contributed by atoms with Crippen molar-refractivity contribution < 1.29 is 17.9 Å². The first-order chi connectivity index (χ1) is 8.40. The van der Waals surface area contributed by atoms with Crippen LogP contribution in [0.3, 0.4) is 0 Å². The summed E-state index contributed by atoms with van der Waals surface area (Å²) in [6.45, 7) is 0.581. The zero-order valence-electron chi connectivity index (χ0n) is 9.80. The number of hydrogen-bond acceptors (Lipinski definition) is 4.